The predicted molar refractivity (Wildman–Crippen MR) is 129 cm³/mol. The first-order chi connectivity index (χ1) is 16.3. The van der Waals surface area contributed by atoms with Crippen molar-refractivity contribution < 1.29 is 24.5 Å². The molecule has 3 aromatic rings. The van der Waals surface area contributed by atoms with Crippen molar-refractivity contribution in [1.82, 2.24) is 4.98 Å². The van der Waals surface area contributed by atoms with Crippen molar-refractivity contribution in [2.24, 2.45) is 5.92 Å². The van der Waals surface area contributed by atoms with Gasteiger partial charge in [-0.25, -0.2) is 0 Å². The summed E-state index contributed by atoms with van der Waals surface area (Å²) in [6.45, 7) is 6.52. The van der Waals surface area contributed by atoms with Crippen LogP contribution in [0.25, 0.3) is 5.76 Å². The number of para-hydroxylation sites is 2. The Kier molecular flexibility index (Phi) is 6.36. The van der Waals surface area contributed by atoms with E-state index < -0.39 is 17.7 Å². The number of phenols is 1. The molecule has 1 amide bonds. The summed E-state index contributed by atoms with van der Waals surface area (Å²) in [5, 5.41) is 21.7. The van der Waals surface area contributed by atoms with Crippen LogP contribution in [0.3, 0.4) is 0 Å². The number of ether oxygens (including phenoxy) is 1. The van der Waals surface area contributed by atoms with Gasteiger partial charge in [0.1, 0.15) is 17.3 Å². The molecule has 0 saturated carbocycles. The lowest BCUT2D eigenvalue weighted by molar-refractivity contribution is -0.132. The van der Waals surface area contributed by atoms with Crippen molar-refractivity contribution in [2.75, 3.05) is 11.5 Å². The largest absolute Gasteiger partial charge is 0.507 e. The van der Waals surface area contributed by atoms with Gasteiger partial charge in [0.15, 0.2) is 0 Å². The van der Waals surface area contributed by atoms with Gasteiger partial charge in [-0.2, -0.15) is 0 Å². The summed E-state index contributed by atoms with van der Waals surface area (Å²) in [6.07, 6.45) is 3.09. The fourth-order valence-corrected chi connectivity index (χ4v) is 3.98. The zero-order valence-corrected chi connectivity index (χ0v) is 19.2. The molecule has 1 atom stereocenters. The molecule has 0 bridgehead atoms. The summed E-state index contributed by atoms with van der Waals surface area (Å²) in [5.41, 5.74) is 1.88. The lowest BCUT2D eigenvalue weighted by Gasteiger charge is -2.25. The number of amides is 1. The molecule has 7 nitrogen and oxygen atoms in total. The molecule has 34 heavy (non-hydrogen) atoms. The molecular weight excluding hydrogens is 432 g/mol. The van der Waals surface area contributed by atoms with E-state index in [0.29, 0.717) is 29.4 Å². The van der Waals surface area contributed by atoms with Gasteiger partial charge in [0.05, 0.1) is 23.9 Å². The third-order valence-corrected chi connectivity index (χ3v) is 5.63. The molecule has 174 valence electrons. The van der Waals surface area contributed by atoms with Gasteiger partial charge < -0.3 is 14.9 Å². The average molecular weight is 459 g/mol. The van der Waals surface area contributed by atoms with Gasteiger partial charge in [-0.1, -0.05) is 26.0 Å². The Morgan fingerprint density at radius 2 is 1.79 bits per heavy atom. The molecule has 7 heteroatoms. The van der Waals surface area contributed by atoms with Crippen molar-refractivity contribution in [3.05, 3.63) is 89.3 Å². The number of benzene rings is 2. The van der Waals surface area contributed by atoms with Gasteiger partial charge in [-0.15, -0.1) is 0 Å². The number of ketones is 1. The van der Waals surface area contributed by atoms with Crippen molar-refractivity contribution in [1.29, 1.82) is 0 Å². The Morgan fingerprint density at radius 1 is 1.09 bits per heavy atom. The lowest BCUT2D eigenvalue weighted by atomic mass is 9.95. The number of aryl methyl sites for hydroxylation is 1. The second-order valence-electron chi connectivity index (χ2n) is 8.62. The van der Waals surface area contributed by atoms with Crippen molar-refractivity contribution in [3.8, 4) is 11.5 Å². The van der Waals surface area contributed by atoms with E-state index in [2.05, 4.69) is 18.8 Å². The van der Waals surface area contributed by atoms with Gasteiger partial charge in [0.25, 0.3) is 11.7 Å². The van der Waals surface area contributed by atoms with E-state index in [1.807, 2.05) is 6.92 Å². The minimum Gasteiger partial charge on any atom is -0.507 e. The van der Waals surface area contributed by atoms with E-state index in [4.69, 9.17) is 4.74 Å². The molecule has 1 fully saturated rings. The van der Waals surface area contributed by atoms with Crippen LogP contribution in [0.1, 0.15) is 36.6 Å². The fraction of sp³-hybridized carbons (Fsp3) is 0.222. The summed E-state index contributed by atoms with van der Waals surface area (Å²) >= 11 is 0. The van der Waals surface area contributed by atoms with E-state index >= 15 is 0 Å². The van der Waals surface area contributed by atoms with Crippen LogP contribution in [0.2, 0.25) is 0 Å². The minimum atomic E-state index is -0.937. The van der Waals surface area contributed by atoms with Crippen LogP contribution >= 0.6 is 0 Å². The smallest absolute Gasteiger partial charge is 0.300 e. The number of pyridine rings is 1. The van der Waals surface area contributed by atoms with Gasteiger partial charge >= 0.3 is 0 Å². The highest BCUT2D eigenvalue weighted by atomic mass is 16.5. The first-order valence-corrected chi connectivity index (χ1v) is 11.0. The number of aliphatic hydroxyl groups excluding tert-OH is 1. The first-order valence-electron chi connectivity index (χ1n) is 11.0. The van der Waals surface area contributed by atoms with E-state index in [-0.39, 0.29) is 22.8 Å². The summed E-state index contributed by atoms with van der Waals surface area (Å²) in [7, 11) is 0. The van der Waals surface area contributed by atoms with Crippen LogP contribution < -0.4 is 9.64 Å². The number of aromatic hydroxyl groups is 1. The highest BCUT2D eigenvalue weighted by Gasteiger charge is 2.47. The molecule has 0 radical (unpaired) electrons. The quantitative estimate of drug-likeness (QED) is 0.314. The Bertz CT molecular complexity index is 1270. The lowest BCUT2D eigenvalue weighted by Crippen LogP contribution is -2.29. The molecule has 4 rings (SSSR count). The van der Waals surface area contributed by atoms with Gasteiger partial charge in [0, 0.05) is 18.0 Å². The number of Topliss-reactive ketones (excluding diaryl/α,β-unsaturated/α-hetero) is 1. The predicted octanol–water partition coefficient (Wildman–Crippen LogP) is 4.76. The van der Waals surface area contributed by atoms with Crippen LogP contribution in [0.5, 0.6) is 11.5 Å². The number of hydrogen-bond donors (Lipinski definition) is 2. The zero-order valence-electron chi connectivity index (χ0n) is 19.2. The topological polar surface area (TPSA) is 100.0 Å². The molecule has 2 N–H and O–H groups in total. The number of rotatable bonds is 6. The Hall–Kier alpha value is -4.13. The normalized spacial score (nSPS) is 17.4. The minimum absolute atomic E-state index is 0.0605. The SMILES string of the molecule is Cc1cc(/C(O)=C2/C(=O)C(=O)N(c3ccccc3O)C2c2ccncc2)ccc1OCC(C)C. The molecule has 0 aliphatic carbocycles. The van der Waals surface area contributed by atoms with E-state index in [0.717, 1.165) is 5.56 Å². The van der Waals surface area contributed by atoms with Crippen molar-refractivity contribution >= 4 is 23.1 Å². The van der Waals surface area contributed by atoms with Crippen molar-refractivity contribution in [3.63, 3.8) is 0 Å². The highest BCUT2D eigenvalue weighted by molar-refractivity contribution is 6.51. The molecule has 0 spiro atoms. The van der Waals surface area contributed by atoms with Crippen LogP contribution in [0.15, 0.2) is 72.6 Å². The number of carbonyl (C=O) groups excluding carboxylic acids is 2. The van der Waals surface area contributed by atoms with Crippen LogP contribution in [0, 0.1) is 12.8 Å². The molecule has 2 heterocycles. The Labute approximate surface area is 198 Å². The number of aliphatic hydroxyl groups is 1. The van der Waals surface area contributed by atoms with E-state index in [1.165, 1.54) is 11.0 Å². The maximum Gasteiger partial charge on any atom is 0.300 e. The summed E-state index contributed by atoms with van der Waals surface area (Å²) in [6, 6.07) is 13.8. The van der Waals surface area contributed by atoms with Crippen LogP contribution in [0.4, 0.5) is 5.69 Å². The number of anilines is 1. The monoisotopic (exact) mass is 458 g/mol. The number of nitrogens with zero attached hydrogens (tertiary/aromatic N) is 2. The highest BCUT2D eigenvalue weighted by Crippen LogP contribution is 2.44. The molecule has 1 aliphatic heterocycles. The molecule has 2 aromatic carbocycles. The third kappa shape index (κ3) is 4.24. The maximum atomic E-state index is 13.2. The number of hydrogen-bond acceptors (Lipinski definition) is 6. The number of aromatic nitrogens is 1. The van der Waals surface area contributed by atoms with E-state index in [1.54, 1.807) is 60.9 Å². The van der Waals surface area contributed by atoms with Gasteiger partial charge in [-0.3, -0.25) is 19.5 Å². The third-order valence-electron chi connectivity index (χ3n) is 5.63. The summed E-state index contributed by atoms with van der Waals surface area (Å²) < 4.78 is 5.81. The van der Waals surface area contributed by atoms with Crippen LogP contribution in [-0.4, -0.2) is 33.5 Å². The first kappa shape index (κ1) is 23.0. The Balaban J connectivity index is 1.85. The molecular formula is C27H26N2O5. The summed E-state index contributed by atoms with van der Waals surface area (Å²) in [5.74, 6) is -1.06. The second-order valence-corrected chi connectivity index (χ2v) is 8.62. The molecule has 1 saturated heterocycles. The van der Waals surface area contributed by atoms with Gasteiger partial charge in [-0.05, 0) is 66.4 Å². The average Bonchev–Trinajstić information content (AvgIpc) is 3.09. The zero-order chi connectivity index (χ0) is 24.4. The number of phenolic OH excluding ortho intramolecular Hbond substituents is 1. The van der Waals surface area contributed by atoms with Gasteiger partial charge in [0.2, 0.25) is 0 Å². The molecule has 1 unspecified atom stereocenters. The van der Waals surface area contributed by atoms with Crippen LogP contribution in [-0.2, 0) is 9.59 Å². The fourth-order valence-electron chi connectivity index (χ4n) is 3.98. The molecule has 1 aromatic heterocycles. The Morgan fingerprint density at radius 3 is 2.44 bits per heavy atom. The number of carbonyl (C=O) groups is 2. The molecule has 1 aliphatic rings. The maximum absolute atomic E-state index is 13.2. The standard InChI is InChI=1S/C27H26N2O5/c1-16(2)15-34-22-9-8-19(14-17(22)3)25(31)23-24(18-10-12-28-13-11-18)29(27(33)26(23)32)20-6-4-5-7-21(20)30/h4-14,16,24,30-31H,15H2,1-3H3/b25-23-. The summed E-state index contributed by atoms with van der Waals surface area (Å²) in [4.78, 5) is 31.6. The van der Waals surface area contributed by atoms with E-state index in [9.17, 15) is 19.8 Å². The van der Waals surface area contributed by atoms with Crippen molar-refractivity contribution in [2.45, 2.75) is 26.8 Å². The second kappa shape index (κ2) is 9.39.